The van der Waals surface area contributed by atoms with Crippen molar-refractivity contribution in [3.8, 4) is 5.75 Å². The number of hydrogen-bond acceptors (Lipinski definition) is 8. The number of hydrogen-bond donors (Lipinski definition) is 0. The molecule has 2 bridgehead atoms. The molecule has 8 nitrogen and oxygen atoms in total. The molecule has 0 N–H and O–H groups in total. The highest BCUT2D eigenvalue weighted by atomic mass is 32.1. The van der Waals surface area contributed by atoms with Crippen LogP contribution >= 0.6 is 11.3 Å². The van der Waals surface area contributed by atoms with E-state index in [-0.39, 0.29) is 58.3 Å². The van der Waals surface area contributed by atoms with E-state index in [1.807, 2.05) is 18.2 Å². The molecule has 0 spiro atoms. The molecule has 3 fully saturated rings. The van der Waals surface area contributed by atoms with E-state index in [4.69, 9.17) is 9.47 Å². The molecule has 4 aromatic rings. The number of carbonyl (C=O) groups is 5. The summed E-state index contributed by atoms with van der Waals surface area (Å²) in [6.07, 6.45) is 1.77. The summed E-state index contributed by atoms with van der Waals surface area (Å²) in [5.41, 5.74) is 1.96. The van der Waals surface area contributed by atoms with Crippen molar-refractivity contribution in [1.82, 2.24) is 0 Å². The van der Waals surface area contributed by atoms with Crippen LogP contribution in [0.4, 0.5) is 5.69 Å². The molecule has 3 aromatic carbocycles. The van der Waals surface area contributed by atoms with E-state index < -0.39 is 24.3 Å². The Morgan fingerprint density at radius 1 is 0.773 bits per heavy atom. The Bertz CT molecular complexity index is 1770. The number of esters is 2. The average molecular weight is 606 g/mol. The monoisotopic (exact) mass is 605 g/mol. The standard InChI is InChI=1S/C35H27NO7S/c37-28(21-11-13-25(14-12-21)43-35(41)29-10-5-15-44-29)19-42-34(40)22-8-4-9-24(16-22)36-32(38)30-23-17-26(20-6-2-1-3-7-20)27(18-23)31(30)33(36)39/h1-16,23,26-27,30-31H,17-19H2/t23-,26-,27+,30+,31-/m0/s1. The number of ether oxygens (including phenoxy) is 2. The molecule has 9 heteroatoms. The maximum Gasteiger partial charge on any atom is 0.353 e. The molecule has 2 aliphatic carbocycles. The molecule has 5 atom stereocenters. The molecule has 3 aliphatic rings. The van der Waals surface area contributed by atoms with Crippen molar-refractivity contribution in [3.05, 3.63) is 118 Å². The first kappa shape index (κ1) is 27.9. The number of thiophene rings is 1. The number of nitrogens with zero attached hydrogens (tertiary/aromatic N) is 1. The van der Waals surface area contributed by atoms with Crippen LogP contribution in [0.1, 0.15) is 54.7 Å². The van der Waals surface area contributed by atoms with Gasteiger partial charge >= 0.3 is 11.9 Å². The number of amides is 2. The molecular weight excluding hydrogens is 578 g/mol. The summed E-state index contributed by atoms with van der Waals surface area (Å²) in [6, 6.07) is 25.8. The van der Waals surface area contributed by atoms with Gasteiger partial charge in [-0.25, -0.2) is 9.59 Å². The van der Waals surface area contributed by atoms with E-state index in [2.05, 4.69) is 12.1 Å². The van der Waals surface area contributed by atoms with Gasteiger partial charge in [-0.05, 0) is 90.1 Å². The molecule has 2 amide bonds. The van der Waals surface area contributed by atoms with Crippen LogP contribution in [0.3, 0.4) is 0 Å². The van der Waals surface area contributed by atoms with Crippen LogP contribution in [0.15, 0.2) is 96.4 Å². The van der Waals surface area contributed by atoms with Crippen molar-refractivity contribution in [2.75, 3.05) is 11.5 Å². The Morgan fingerprint density at radius 3 is 2.30 bits per heavy atom. The quantitative estimate of drug-likeness (QED) is 0.106. The van der Waals surface area contributed by atoms with Gasteiger partial charge in [0.25, 0.3) is 0 Å². The van der Waals surface area contributed by atoms with Gasteiger partial charge < -0.3 is 9.47 Å². The Balaban J connectivity index is 0.991. The minimum Gasteiger partial charge on any atom is -0.454 e. The zero-order valence-electron chi connectivity index (χ0n) is 23.5. The van der Waals surface area contributed by atoms with Gasteiger partial charge in [0, 0.05) is 5.56 Å². The lowest BCUT2D eigenvalue weighted by Crippen LogP contribution is -2.33. The van der Waals surface area contributed by atoms with Gasteiger partial charge in [-0.15, -0.1) is 11.3 Å². The first-order chi connectivity index (χ1) is 21.4. The Hall–Kier alpha value is -4.89. The molecular formula is C35H27NO7S. The largest absolute Gasteiger partial charge is 0.454 e. The number of imide groups is 1. The zero-order valence-corrected chi connectivity index (χ0v) is 24.3. The lowest BCUT2D eigenvalue weighted by atomic mass is 9.73. The first-order valence-corrected chi connectivity index (χ1v) is 15.4. The highest BCUT2D eigenvalue weighted by Crippen LogP contribution is 2.61. The third kappa shape index (κ3) is 4.93. The lowest BCUT2D eigenvalue weighted by molar-refractivity contribution is -0.123. The molecule has 1 aliphatic heterocycles. The molecule has 0 unspecified atom stereocenters. The normalized spacial score (nSPS) is 23.5. The van der Waals surface area contributed by atoms with Crippen LogP contribution in [-0.4, -0.2) is 36.1 Å². The third-order valence-electron chi connectivity index (χ3n) is 9.03. The summed E-state index contributed by atoms with van der Waals surface area (Å²) in [7, 11) is 0. The van der Waals surface area contributed by atoms with E-state index in [0.717, 1.165) is 12.8 Å². The van der Waals surface area contributed by atoms with Crippen molar-refractivity contribution in [2.45, 2.75) is 18.8 Å². The molecule has 2 saturated carbocycles. The lowest BCUT2D eigenvalue weighted by Gasteiger charge is -2.28. The number of Topliss-reactive ketones (excluding diaryl/α,β-unsaturated/α-hetero) is 1. The molecule has 7 rings (SSSR count). The van der Waals surface area contributed by atoms with Gasteiger partial charge in [0.15, 0.2) is 12.4 Å². The first-order valence-electron chi connectivity index (χ1n) is 14.5. The maximum atomic E-state index is 13.7. The summed E-state index contributed by atoms with van der Waals surface area (Å²) in [6.45, 7) is -0.507. The average Bonchev–Trinajstić information content (AvgIpc) is 3.85. The van der Waals surface area contributed by atoms with E-state index in [9.17, 15) is 24.0 Å². The van der Waals surface area contributed by atoms with Crippen molar-refractivity contribution in [2.24, 2.45) is 23.7 Å². The zero-order chi connectivity index (χ0) is 30.4. The summed E-state index contributed by atoms with van der Waals surface area (Å²) >= 11 is 1.27. The fraction of sp³-hybridized carbons (Fsp3) is 0.229. The van der Waals surface area contributed by atoms with Crippen molar-refractivity contribution in [1.29, 1.82) is 0 Å². The minimum absolute atomic E-state index is 0.120. The second-order valence-corrected chi connectivity index (χ2v) is 12.4. The number of ketones is 1. The van der Waals surface area contributed by atoms with Gasteiger partial charge in [0.2, 0.25) is 11.8 Å². The number of anilines is 1. The third-order valence-corrected chi connectivity index (χ3v) is 9.88. The van der Waals surface area contributed by atoms with Gasteiger partial charge in [-0.1, -0.05) is 42.5 Å². The van der Waals surface area contributed by atoms with E-state index in [1.165, 1.54) is 58.2 Å². The second-order valence-electron chi connectivity index (χ2n) is 11.4. The van der Waals surface area contributed by atoms with E-state index >= 15 is 0 Å². The summed E-state index contributed by atoms with van der Waals surface area (Å²) < 4.78 is 10.6. The van der Waals surface area contributed by atoms with Gasteiger partial charge in [0.1, 0.15) is 10.6 Å². The fourth-order valence-electron chi connectivity index (χ4n) is 7.13. The summed E-state index contributed by atoms with van der Waals surface area (Å²) in [4.78, 5) is 66.6. The molecule has 2 heterocycles. The maximum absolute atomic E-state index is 13.7. The van der Waals surface area contributed by atoms with Crippen molar-refractivity contribution >= 4 is 46.6 Å². The highest BCUT2D eigenvalue weighted by Gasteiger charge is 2.64. The van der Waals surface area contributed by atoms with Gasteiger partial charge in [0.05, 0.1) is 23.1 Å². The number of fused-ring (bicyclic) bond motifs is 5. The SMILES string of the molecule is O=C(COC(=O)c1cccc(N2C(=O)[C@@H]3[C@@H]4C[C@@H]([C@@H]3C2=O)[C@H](c2ccccc2)C4)c1)c1ccc(OC(=O)c2cccs2)cc1. The van der Waals surface area contributed by atoms with E-state index in [0.29, 0.717) is 10.6 Å². The predicted molar refractivity (Wildman–Crippen MR) is 162 cm³/mol. The molecule has 1 aromatic heterocycles. The molecule has 0 radical (unpaired) electrons. The summed E-state index contributed by atoms with van der Waals surface area (Å²) in [5.74, 6) is -1.94. The molecule has 1 saturated heterocycles. The van der Waals surface area contributed by atoms with Crippen molar-refractivity contribution < 1.29 is 33.4 Å². The predicted octanol–water partition coefficient (Wildman–Crippen LogP) is 5.94. The summed E-state index contributed by atoms with van der Waals surface area (Å²) in [5, 5.41) is 1.77. The van der Waals surface area contributed by atoms with Crippen LogP contribution in [0.5, 0.6) is 5.75 Å². The Kier molecular flexibility index (Phi) is 7.18. The number of rotatable bonds is 8. The van der Waals surface area contributed by atoms with Crippen LogP contribution in [0, 0.1) is 23.7 Å². The van der Waals surface area contributed by atoms with Crippen molar-refractivity contribution in [3.63, 3.8) is 0 Å². The topological polar surface area (TPSA) is 107 Å². The second kappa shape index (κ2) is 11.3. The number of carbonyl (C=O) groups excluding carboxylic acids is 5. The van der Waals surface area contributed by atoms with Gasteiger partial charge in [-0.3, -0.25) is 19.3 Å². The molecule has 220 valence electrons. The Labute approximate surface area is 257 Å². The van der Waals surface area contributed by atoms with Crippen LogP contribution < -0.4 is 9.64 Å². The van der Waals surface area contributed by atoms with E-state index in [1.54, 1.807) is 29.6 Å². The number of benzene rings is 3. The smallest absolute Gasteiger partial charge is 0.353 e. The van der Waals surface area contributed by atoms with Gasteiger partial charge in [-0.2, -0.15) is 0 Å². The van der Waals surface area contributed by atoms with Crippen LogP contribution in [-0.2, 0) is 14.3 Å². The molecule has 44 heavy (non-hydrogen) atoms. The Morgan fingerprint density at radius 2 is 1.55 bits per heavy atom. The fourth-order valence-corrected chi connectivity index (χ4v) is 7.73. The minimum atomic E-state index is -0.745. The highest BCUT2D eigenvalue weighted by molar-refractivity contribution is 7.12. The van der Waals surface area contributed by atoms with Crippen LogP contribution in [0.25, 0.3) is 0 Å². The van der Waals surface area contributed by atoms with Crippen LogP contribution in [0.2, 0.25) is 0 Å².